The molecule has 7 aliphatic rings. The van der Waals surface area contributed by atoms with Crippen LogP contribution >= 0.6 is 23.2 Å². The largest absolute Gasteiger partial charge is 0.508 e. The molecule has 12 rings (SSSR count). The highest BCUT2D eigenvalue weighted by Crippen LogP contribution is 2.50. The number of carbonyl (C=O) groups is 8. The summed E-state index contributed by atoms with van der Waals surface area (Å²) in [7, 11) is -3.19. The van der Waals surface area contributed by atoms with Crippen LogP contribution in [0, 0.1) is 5.92 Å². The van der Waals surface area contributed by atoms with E-state index in [1.165, 1.54) is 33.0 Å². The summed E-state index contributed by atoms with van der Waals surface area (Å²) in [4.78, 5) is 117. The summed E-state index contributed by atoms with van der Waals surface area (Å²) in [6.45, 7) is 5.66. The number of aliphatic hydroxyl groups excluding tert-OH is 6. The van der Waals surface area contributed by atoms with Crippen molar-refractivity contribution in [2.45, 2.75) is 156 Å². The number of primary amides is 1. The Bertz CT molecular complexity index is 4340. The van der Waals surface area contributed by atoms with Gasteiger partial charge in [-0.25, -0.2) is 4.79 Å². The third-order valence-corrected chi connectivity index (χ3v) is 18.4. The van der Waals surface area contributed by atoms with Crippen molar-refractivity contribution in [2.75, 3.05) is 13.7 Å². The van der Waals surface area contributed by atoms with Crippen molar-refractivity contribution < 1.29 is 135 Å². The van der Waals surface area contributed by atoms with Crippen LogP contribution < -0.4 is 62.9 Å². The maximum absolute atomic E-state index is 16.0. The van der Waals surface area contributed by atoms with E-state index in [0.29, 0.717) is 0 Å². The van der Waals surface area contributed by atoms with Gasteiger partial charge in [0.2, 0.25) is 53.4 Å². The molecule has 11 bridgehead atoms. The van der Waals surface area contributed by atoms with Crippen LogP contribution in [0.25, 0.3) is 11.1 Å². The number of rotatable bonds is 13. The maximum Gasteiger partial charge on any atom is 0.394 e. The highest BCUT2D eigenvalue weighted by atomic mass is 35.5. The van der Waals surface area contributed by atoms with Gasteiger partial charge in [-0.1, -0.05) is 55.2 Å². The minimum atomic E-state index is -4.67. The quantitative estimate of drug-likeness (QED) is 0.0658. The van der Waals surface area contributed by atoms with Crippen LogP contribution in [0.3, 0.4) is 0 Å². The van der Waals surface area contributed by atoms with Gasteiger partial charge >= 0.3 is 16.4 Å². The number of likely N-dealkylation sites (N-methyl/N-ethyl adjacent to an activating group) is 1. The number of hydrogen-bond acceptors (Lipinski definition) is 27. The number of phenols is 3. The predicted molar refractivity (Wildman–Crippen MR) is 363 cm³/mol. The number of nitrogens with one attached hydrogen (secondary N) is 7. The second kappa shape index (κ2) is 32.8. The first-order valence-corrected chi connectivity index (χ1v) is 34.5. The molecule has 2 fully saturated rings. The third-order valence-electron chi connectivity index (χ3n) is 17.8. The number of amides is 7. The summed E-state index contributed by atoms with van der Waals surface area (Å²) in [5, 5.41) is 131. The Balaban J connectivity index is 0.00000251. The van der Waals surface area contributed by atoms with Crippen molar-refractivity contribution in [3.05, 3.63) is 117 Å². The van der Waals surface area contributed by atoms with Crippen LogP contribution in [-0.4, -0.2) is 208 Å². The second-order valence-corrected chi connectivity index (χ2v) is 27.9. The normalized spacial score (nSPS) is 28.6. The van der Waals surface area contributed by atoms with Crippen molar-refractivity contribution in [3.63, 3.8) is 0 Å². The molecule has 7 heterocycles. The minimum absolute atomic E-state index is 0.0975. The lowest BCUT2D eigenvalue weighted by molar-refractivity contribution is -0.333. The average Bonchev–Trinajstić information content (AvgIpc) is 0.767. The average molecular weight is 1550 g/mol. The zero-order valence-electron chi connectivity index (χ0n) is 56.4. The number of carbonyl (C=O) groups excluding carboxylic acids is 7. The second-order valence-electron chi connectivity index (χ2n) is 26.2. The zero-order valence-corrected chi connectivity index (χ0v) is 58.8. The molecule has 2 saturated heterocycles. The first-order valence-electron chi connectivity index (χ1n) is 32.3. The minimum Gasteiger partial charge on any atom is -0.508 e. The Morgan fingerprint density at radius 2 is 1.29 bits per heavy atom. The van der Waals surface area contributed by atoms with E-state index in [4.69, 9.17) is 80.6 Å². The number of nitrogens with two attached hydrogens (primary N) is 2. The molecule has 37 nitrogen and oxygen atoms in total. The van der Waals surface area contributed by atoms with Gasteiger partial charge in [-0.05, 0) is 110 Å². The number of halogens is 2. The molecule has 0 aliphatic carbocycles. The highest BCUT2D eigenvalue weighted by Gasteiger charge is 2.51. The van der Waals surface area contributed by atoms with E-state index >= 15 is 14.4 Å². The summed E-state index contributed by atoms with van der Waals surface area (Å²) in [5.74, 6) is -16.0. The summed E-state index contributed by atoms with van der Waals surface area (Å²) in [6, 6.07) is -0.679. The fraction of sp³-hybridized carbons (Fsp3) is 0.424. The van der Waals surface area contributed by atoms with Crippen LogP contribution in [0.2, 0.25) is 10.0 Å². The maximum atomic E-state index is 16.0. The topological polar surface area (TPSA) is 605 Å². The molecule has 574 valence electrons. The van der Waals surface area contributed by atoms with Crippen LogP contribution in [0.1, 0.15) is 105 Å². The highest BCUT2D eigenvalue weighted by molar-refractivity contribution is 7.79. The van der Waals surface area contributed by atoms with Crippen LogP contribution in [-0.2, 0) is 63.0 Å². The molecule has 18 atom stereocenters. The van der Waals surface area contributed by atoms with Crippen molar-refractivity contribution in [1.82, 2.24) is 37.2 Å². The van der Waals surface area contributed by atoms with Crippen molar-refractivity contribution in [3.8, 4) is 57.1 Å². The molecule has 0 aromatic heterocycles. The van der Waals surface area contributed by atoms with Gasteiger partial charge in [0.05, 0.1) is 41.3 Å². The summed E-state index contributed by atoms with van der Waals surface area (Å²) < 4.78 is 69.9. The summed E-state index contributed by atoms with van der Waals surface area (Å²) in [5.41, 5.74) is 8.00. The first kappa shape index (κ1) is 80.8. The molecule has 106 heavy (non-hydrogen) atoms. The molecular weight excluding hydrogens is 1470 g/mol. The number of carboxylic acid groups (broad SMARTS) is 1. The van der Waals surface area contributed by atoms with Gasteiger partial charge in [0.25, 0.3) is 0 Å². The molecule has 7 amide bonds. The summed E-state index contributed by atoms with van der Waals surface area (Å²) in [6.07, 6.45) is -18.6. The molecule has 0 saturated carbocycles. The van der Waals surface area contributed by atoms with Crippen molar-refractivity contribution in [2.24, 2.45) is 17.4 Å². The fourth-order valence-corrected chi connectivity index (χ4v) is 12.9. The monoisotopic (exact) mass is 1550 g/mol. The molecule has 5 aromatic carbocycles. The van der Waals surface area contributed by atoms with E-state index in [1.807, 2.05) is 13.8 Å². The van der Waals surface area contributed by atoms with Gasteiger partial charge in [0.1, 0.15) is 89.5 Å². The Hall–Kier alpha value is -9.33. The number of benzene rings is 5. The van der Waals surface area contributed by atoms with Gasteiger partial charge < -0.3 is 128 Å². The lowest BCUT2D eigenvalue weighted by Gasteiger charge is -2.47. The smallest absolute Gasteiger partial charge is 0.394 e. The van der Waals surface area contributed by atoms with E-state index < -0.39 is 248 Å². The molecule has 40 heteroatoms. The van der Waals surface area contributed by atoms with Gasteiger partial charge in [-0.2, -0.15) is 8.42 Å². The van der Waals surface area contributed by atoms with E-state index in [-0.39, 0.29) is 46.2 Å². The van der Waals surface area contributed by atoms with Gasteiger partial charge in [0.15, 0.2) is 29.9 Å². The van der Waals surface area contributed by atoms with E-state index in [0.717, 1.165) is 66.7 Å². The van der Waals surface area contributed by atoms with Gasteiger partial charge in [-0.3, -0.25) is 42.7 Å². The number of aromatic hydroxyl groups is 3. The number of ether oxygens (including phenoxy) is 6. The Labute approximate surface area is 611 Å². The third kappa shape index (κ3) is 18.4. The number of phenolic OH excluding ortho intramolecular Hbond substituents is 3. The Morgan fingerprint density at radius 1 is 0.717 bits per heavy atom. The SMILES string of the molecule is CNC(CC(C)C)C(=O)N[C@H]1C(=O)N[C@@H](CC(N)=O)C(=O)N[C@H]2C(=O)N[C@H]3C(=O)N[C@H](C(=O)N[C@H](C(=O)O)c4cc(O)cc(O)c4-c4cc3ccc4O)[C@H](O)c3ccc(c(Cl)c3)Oc3cc2cc(c3O[C@@H]2O[C@H](CO)[C@@H](O)[C@H](O)[C@H]2O[C@H]2C[C@](C)(N)[C@H](O)[C@H](C)O2)Oc2ccc(cc2Cl)[C@H]1O.O=S(=O)(O)O. The molecule has 0 radical (unpaired) electrons. The van der Waals surface area contributed by atoms with Crippen molar-refractivity contribution >= 4 is 80.9 Å². The molecule has 5 aromatic rings. The number of carboxylic acids is 1. The summed E-state index contributed by atoms with van der Waals surface area (Å²) >= 11 is 14.1. The van der Waals surface area contributed by atoms with Crippen LogP contribution in [0.15, 0.2) is 78.9 Å². The van der Waals surface area contributed by atoms with E-state index in [2.05, 4.69) is 37.2 Å². The molecule has 1 unspecified atom stereocenters. The lowest BCUT2D eigenvalue weighted by atomic mass is 9.86. The molecule has 23 N–H and O–H groups in total. The molecule has 7 aliphatic heterocycles. The number of hydrogen-bond donors (Lipinski definition) is 21. The fourth-order valence-electron chi connectivity index (χ4n) is 12.5. The van der Waals surface area contributed by atoms with Gasteiger partial charge in [-0.15, -0.1) is 0 Å². The predicted octanol–water partition coefficient (Wildman–Crippen LogP) is -0.547. The van der Waals surface area contributed by atoms with Crippen molar-refractivity contribution in [1.29, 1.82) is 0 Å². The first-order chi connectivity index (χ1) is 49.7. The Kier molecular flexibility index (Phi) is 25.0. The number of aliphatic hydroxyl groups is 6. The standard InChI is InChI=1S/C66H75Cl2N9O24.H2O4S/c1-23(2)12-34(71-5)58(88)76-49-51(83)26-7-10-38(32(67)14-26)97-40-16-28-17-41(55(40)101-65-56(54(86)53(85)42(22-78)99-65)100-44-21-66(4,70)57(87)24(3)96-44)98-39-11-8-27(15-33(39)68)52(84)50-63(93)75-48(64(94)95)31-18-29(79)19-37(81)45(31)30-13-25(6-9-36(30)80)46(60(90)77-50)74-61(91)47(28)73-59(89)35(20-43(69)82)72-62(49)92;1-5(2,3)4/h6-11,13-19,23-24,34-35,42,44,46-54,56-57,65,71,78-81,83-87H,12,20-22,70H2,1-5H3,(H2,69,82)(H,72,92)(H,73,89)(H,74,91)(H,75,93)(H,76,88)(H,77,90)(H,94,95);(H2,1,2,3,4)/t24-,34?,35-,42+,44-,46+,47+,48-,49+,50-,51+,52+,53+,54-,56+,57+,65-,66-;/m0./s1. The number of fused-ring (bicyclic) bond motifs is 15. The van der Waals surface area contributed by atoms with E-state index in [1.54, 1.807) is 0 Å². The molecule has 0 spiro atoms. The zero-order chi connectivity index (χ0) is 78.0. The van der Waals surface area contributed by atoms with Crippen LogP contribution in [0.4, 0.5) is 0 Å². The van der Waals surface area contributed by atoms with Gasteiger partial charge in [0, 0.05) is 34.7 Å². The lowest BCUT2D eigenvalue weighted by Crippen LogP contribution is -2.64. The molecular formula is C66H77Cl2N9O28S. The van der Waals surface area contributed by atoms with E-state index in [9.17, 15) is 75.0 Å². The van der Waals surface area contributed by atoms with Crippen LogP contribution in [0.5, 0.6) is 46.0 Å². The Morgan fingerprint density at radius 3 is 1.85 bits per heavy atom. The number of aliphatic carboxylic acids is 1.